The van der Waals surface area contributed by atoms with Crippen molar-refractivity contribution in [1.29, 1.82) is 5.26 Å². The summed E-state index contributed by atoms with van der Waals surface area (Å²) in [5.41, 5.74) is 2.27. The molecule has 0 radical (unpaired) electrons. The molecule has 8 nitrogen and oxygen atoms in total. The number of halogens is 3. The van der Waals surface area contributed by atoms with Crippen molar-refractivity contribution in [3.8, 4) is 6.57 Å². The molecule has 0 bridgehead atoms. The fourth-order valence-electron chi connectivity index (χ4n) is 3.88. The molecule has 0 spiro atoms. The number of hydrogen-bond donors (Lipinski definition) is 1. The fraction of sp³-hybridized carbons (Fsp3) is 0.667. The Hall–Kier alpha value is -2.80. The highest BCUT2D eigenvalue weighted by Crippen LogP contribution is 2.49. The lowest BCUT2D eigenvalue weighted by molar-refractivity contribution is -0.133. The van der Waals surface area contributed by atoms with Crippen molar-refractivity contribution in [2.24, 2.45) is 5.41 Å². The highest BCUT2D eigenvalue weighted by Gasteiger charge is 2.44. The number of carbonyl (C=O) groups excluding carboxylic acids is 2. The van der Waals surface area contributed by atoms with Crippen LogP contribution in [0, 0.1) is 17.2 Å². The van der Waals surface area contributed by atoms with Gasteiger partial charge in [0.15, 0.2) is 0 Å². The summed E-state index contributed by atoms with van der Waals surface area (Å²) in [6.07, 6.45) is 12.1. The molecule has 1 N–H and O–H groups in total. The second-order valence-corrected chi connectivity index (χ2v) is 10.3. The number of allylic oxidation sites excluding steroid dienone is 3. The van der Waals surface area contributed by atoms with E-state index in [9.17, 15) is 18.4 Å². The van der Waals surface area contributed by atoms with Crippen LogP contribution in [0.1, 0.15) is 80.1 Å². The van der Waals surface area contributed by atoms with Gasteiger partial charge >= 0.3 is 0 Å². The molecule has 0 aromatic carbocycles. The molecular formula is C27H43ClF2N6O2. The largest absolute Gasteiger partial charge is 0.355 e. The van der Waals surface area contributed by atoms with E-state index in [1.54, 1.807) is 17.9 Å². The van der Waals surface area contributed by atoms with Crippen molar-refractivity contribution in [2.45, 2.75) is 97.4 Å². The first-order chi connectivity index (χ1) is 18.0. The molecule has 1 aliphatic carbocycles. The molecule has 2 atom stereocenters. The van der Waals surface area contributed by atoms with Gasteiger partial charge in [-0.2, -0.15) is 5.10 Å². The zero-order chi connectivity index (χ0) is 29.4. The fourth-order valence-corrected chi connectivity index (χ4v) is 3.95. The zero-order valence-corrected chi connectivity index (χ0v) is 24.2. The van der Waals surface area contributed by atoms with E-state index in [-0.39, 0.29) is 30.3 Å². The van der Waals surface area contributed by atoms with Crippen molar-refractivity contribution in [1.82, 2.24) is 25.0 Å². The Morgan fingerprint density at radius 1 is 1.34 bits per heavy atom. The van der Waals surface area contributed by atoms with Gasteiger partial charge in [0.1, 0.15) is 12.7 Å². The lowest BCUT2D eigenvalue weighted by atomic mass is 10.0. The van der Waals surface area contributed by atoms with Gasteiger partial charge in [-0.25, -0.2) is 23.7 Å². The lowest BCUT2D eigenvalue weighted by Gasteiger charge is -2.21. The Labute approximate surface area is 231 Å². The van der Waals surface area contributed by atoms with E-state index in [0.717, 1.165) is 24.1 Å². The van der Waals surface area contributed by atoms with Crippen LogP contribution >= 0.6 is 11.6 Å². The number of likely N-dealkylation sites (tertiary alicyclic amines) is 1. The summed E-state index contributed by atoms with van der Waals surface area (Å²) in [5.74, 6) is -2.78. The summed E-state index contributed by atoms with van der Waals surface area (Å²) in [6, 6.07) is -0.311. The van der Waals surface area contributed by atoms with Gasteiger partial charge in [0.2, 0.25) is 12.3 Å². The Morgan fingerprint density at radius 3 is 2.42 bits per heavy atom. The summed E-state index contributed by atoms with van der Waals surface area (Å²) in [4.78, 5) is 27.4. The third-order valence-electron chi connectivity index (χ3n) is 6.20. The number of carbonyl (C=O) groups is 2. The maximum absolute atomic E-state index is 13.1. The molecular weight excluding hydrogens is 514 g/mol. The van der Waals surface area contributed by atoms with Crippen LogP contribution < -0.4 is 5.32 Å². The van der Waals surface area contributed by atoms with Crippen LogP contribution in [-0.4, -0.2) is 62.4 Å². The predicted octanol–water partition coefficient (Wildman–Crippen LogP) is 5.82. The number of rotatable bonds is 10. The molecule has 214 valence electrons. The van der Waals surface area contributed by atoms with Crippen LogP contribution in [0.4, 0.5) is 8.78 Å². The molecule has 11 heteroatoms. The second kappa shape index (κ2) is 17.7. The minimum atomic E-state index is -2.68. The average Bonchev–Trinajstić information content (AvgIpc) is 3.25. The van der Waals surface area contributed by atoms with E-state index >= 15 is 0 Å². The SMILES string of the molecule is C#N.C/C(CNC=O)=C(\C=C/C(C)Cl)n1cncn1.CC.CC1CC(F)(F)CN1C(=O)CCCC1(C)CC1. The smallest absolute Gasteiger partial charge is 0.267 e. The standard InChI is InChI=1S/C13H21F2NO.C11H15ClN4O.C2H6.CHN/c1-10-8-13(14,15)9-16(10)11(17)4-3-5-12(2)6-7-12;1-9(5-13-8-17)11(4-3-10(2)12)16-7-14-6-15-16;2*1-2/h10H,3-9H2,1-2H3;3-4,6-8,10H,5H2,1-2H3,(H,13,17);1-2H3;1H/b;4-3-,11-9-;;. The predicted molar refractivity (Wildman–Crippen MR) is 147 cm³/mol. The Bertz CT molecular complexity index is 912. The molecule has 38 heavy (non-hydrogen) atoms. The average molecular weight is 557 g/mol. The molecule has 1 aromatic heterocycles. The number of alkyl halides is 3. The van der Waals surface area contributed by atoms with Crippen LogP contribution in [0.25, 0.3) is 5.70 Å². The van der Waals surface area contributed by atoms with Gasteiger partial charge in [0.25, 0.3) is 5.92 Å². The molecule has 2 heterocycles. The van der Waals surface area contributed by atoms with Gasteiger partial charge in [-0.15, -0.1) is 11.6 Å². The van der Waals surface area contributed by atoms with Crippen LogP contribution in [0.5, 0.6) is 0 Å². The van der Waals surface area contributed by atoms with Gasteiger partial charge < -0.3 is 10.2 Å². The first-order valence-corrected chi connectivity index (χ1v) is 13.4. The Kier molecular flexibility index (Phi) is 16.4. The van der Waals surface area contributed by atoms with E-state index in [4.69, 9.17) is 16.9 Å². The third-order valence-corrected chi connectivity index (χ3v) is 6.34. The van der Waals surface area contributed by atoms with E-state index in [0.29, 0.717) is 24.8 Å². The zero-order valence-electron chi connectivity index (χ0n) is 23.5. The van der Waals surface area contributed by atoms with E-state index < -0.39 is 5.92 Å². The minimum absolute atomic E-state index is 0.0691. The van der Waals surface area contributed by atoms with Gasteiger partial charge in [0.05, 0.1) is 12.2 Å². The number of amides is 2. The van der Waals surface area contributed by atoms with Gasteiger partial charge in [0, 0.05) is 37.4 Å². The third kappa shape index (κ3) is 13.1. The van der Waals surface area contributed by atoms with Crippen LogP contribution in [-0.2, 0) is 9.59 Å². The highest BCUT2D eigenvalue weighted by atomic mass is 35.5. The quantitative estimate of drug-likeness (QED) is 0.222. The Balaban J connectivity index is 0.000000637. The summed E-state index contributed by atoms with van der Waals surface area (Å²) in [6.45, 7) is 15.3. The van der Waals surface area contributed by atoms with Crippen molar-refractivity contribution < 1.29 is 18.4 Å². The maximum atomic E-state index is 13.1. The van der Waals surface area contributed by atoms with E-state index in [2.05, 4.69) is 28.9 Å². The van der Waals surface area contributed by atoms with E-state index in [1.807, 2.05) is 39.8 Å². The molecule has 1 aromatic rings. The van der Waals surface area contributed by atoms with Crippen LogP contribution in [0.2, 0.25) is 0 Å². The first-order valence-electron chi connectivity index (χ1n) is 12.9. The molecule has 2 fully saturated rings. The summed E-state index contributed by atoms with van der Waals surface area (Å²) < 4.78 is 27.9. The monoisotopic (exact) mass is 556 g/mol. The Morgan fingerprint density at radius 2 is 1.97 bits per heavy atom. The number of hydrogen-bond acceptors (Lipinski definition) is 5. The molecule has 1 aliphatic heterocycles. The number of nitriles is 1. The number of nitrogens with zero attached hydrogens (tertiary/aromatic N) is 5. The van der Waals surface area contributed by atoms with Crippen LogP contribution in [0.3, 0.4) is 0 Å². The molecule has 3 rings (SSSR count). The summed E-state index contributed by atoms with van der Waals surface area (Å²) >= 11 is 5.87. The summed E-state index contributed by atoms with van der Waals surface area (Å²) in [7, 11) is 0. The second-order valence-electron chi connectivity index (χ2n) is 9.64. The van der Waals surface area contributed by atoms with Crippen LogP contribution in [0.15, 0.2) is 30.4 Å². The van der Waals surface area contributed by atoms with E-state index in [1.165, 1.54) is 24.1 Å². The molecule has 2 amide bonds. The van der Waals surface area contributed by atoms with Crippen molar-refractivity contribution in [3.05, 3.63) is 30.4 Å². The molecule has 2 unspecified atom stereocenters. The van der Waals surface area contributed by atoms with Gasteiger partial charge in [-0.1, -0.05) is 26.8 Å². The lowest BCUT2D eigenvalue weighted by Crippen LogP contribution is -2.35. The maximum Gasteiger partial charge on any atom is 0.267 e. The normalized spacial score (nSPS) is 19.9. The summed E-state index contributed by atoms with van der Waals surface area (Å²) in [5, 5.41) is 13.1. The molecule has 1 saturated heterocycles. The molecule has 1 saturated carbocycles. The number of aromatic nitrogens is 3. The first kappa shape index (κ1) is 35.2. The van der Waals surface area contributed by atoms with Crippen molar-refractivity contribution in [3.63, 3.8) is 0 Å². The highest BCUT2D eigenvalue weighted by molar-refractivity contribution is 6.21. The van der Waals surface area contributed by atoms with Gasteiger partial charge in [-0.3, -0.25) is 9.59 Å². The van der Waals surface area contributed by atoms with Crippen molar-refractivity contribution >= 4 is 29.6 Å². The van der Waals surface area contributed by atoms with Gasteiger partial charge in [-0.05, 0) is 63.5 Å². The van der Waals surface area contributed by atoms with Crippen molar-refractivity contribution in [2.75, 3.05) is 13.1 Å². The molecule has 2 aliphatic rings. The minimum Gasteiger partial charge on any atom is -0.355 e. The number of nitrogens with one attached hydrogen (secondary N) is 1. The topological polar surface area (TPSA) is 104 Å².